The standard InChI is InChI=1S/C13H12INO2/c1-2-17-13(16)12-4-3-9-15(12)11-7-5-10(14)6-8-11/h3-9H,2H2,1H3. The molecule has 3 nitrogen and oxygen atoms in total. The van der Waals surface area contributed by atoms with Crippen LogP contribution in [-0.2, 0) is 4.74 Å². The van der Waals surface area contributed by atoms with Crippen molar-refractivity contribution in [1.82, 2.24) is 4.57 Å². The highest BCUT2D eigenvalue weighted by Crippen LogP contribution is 2.15. The number of hydrogen-bond acceptors (Lipinski definition) is 2. The summed E-state index contributed by atoms with van der Waals surface area (Å²) in [5.74, 6) is -0.295. The summed E-state index contributed by atoms with van der Waals surface area (Å²) >= 11 is 2.25. The van der Waals surface area contributed by atoms with E-state index in [0.29, 0.717) is 12.3 Å². The zero-order valence-electron chi connectivity index (χ0n) is 9.39. The molecule has 1 aromatic carbocycles. The van der Waals surface area contributed by atoms with Crippen LogP contribution in [0.15, 0.2) is 42.6 Å². The number of esters is 1. The normalized spacial score (nSPS) is 10.2. The maximum absolute atomic E-state index is 11.7. The molecule has 0 unspecified atom stereocenters. The first-order valence-corrected chi connectivity index (χ1v) is 6.40. The minimum Gasteiger partial charge on any atom is -0.461 e. The van der Waals surface area contributed by atoms with Gasteiger partial charge in [0, 0.05) is 15.5 Å². The van der Waals surface area contributed by atoms with E-state index in [0.717, 1.165) is 9.26 Å². The largest absolute Gasteiger partial charge is 0.461 e. The smallest absolute Gasteiger partial charge is 0.355 e. The van der Waals surface area contributed by atoms with Crippen LogP contribution in [0.25, 0.3) is 5.69 Å². The second-order valence-electron chi connectivity index (χ2n) is 3.46. The van der Waals surface area contributed by atoms with Crippen LogP contribution in [0.2, 0.25) is 0 Å². The molecule has 0 spiro atoms. The summed E-state index contributed by atoms with van der Waals surface area (Å²) in [6, 6.07) is 11.6. The van der Waals surface area contributed by atoms with Crippen molar-refractivity contribution >= 4 is 28.6 Å². The van der Waals surface area contributed by atoms with Crippen LogP contribution < -0.4 is 0 Å². The molecule has 2 rings (SSSR count). The highest BCUT2D eigenvalue weighted by Gasteiger charge is 2.12. The van der Waals surface area contributed by atoms with Gasteiger partial charge in [0.05, 0.1) is 6.61 Å². The number of hydrogen-bond donors (Lipinski definition) is 0. The lowest BCUT2D eigenvalue weighted by Crippen LogP contribution is -2.10. The van der Waals surface area contributed by atoms with Gasteiger partial charge in [0.15, 0.2) is 0 Å². The molecule has 0 aliphatic carbocycles. The number of halogens is 1. The van der Waals surface area contributed by atoms with Gasteiger partial charge in [0.1, 0.15) is 5.69 Å². The Morgan fingerprint density at radius 2 is 2.00 bits per heavy atom. The van der Waals surface area contributed by atoms with Gasteiger partial charge in [-0.2, -0.15) is 0 Å². The molecular weight excluding hydrogens is 329 g/mol. The Kier molecular flexibility index (Phi) is 3.83. The third-order valence-corrected chi connectivity index (χ3v) is 3.06. The predicted octanol–water partition coefficient (Wildman–Crippen LogP) is 3.26. The van der Waals surface area contributed by atoms with E-state index in [1.807, 2.05) is 41.1 Å². The summed E-state index contributed by atoms with van der Waals surface area (Å²) in [4.78, 5) is 11.7. The summed E-state index contributed by atoms with van der Waals surface area (Å²) in [6.07, 6.45) is 1.86. The molecule has 0 atom stereocenters. The van der Waals surface area contributed by atoms with Crippen LogP contribution in [-0.4, -0.2) is 17.1 Å². The lowest BCUT2D eigenvalue weighted by molar-refractivity contribution is 0.0517. The first kappa shape index (κ1) is 12.2. The number of ether oxygens (including phenoxy) is 1. The molecular formula is C13H12INO2. The summed E-state index contributed by atoms with van der Waals surface area (Å²) in [7, 11) is 0. The molecule has 88 valence electrons. The summed E-state index contributed by atoms with van der Waals surface area (Å²) in [6.45, 7) is 2.19. The van der Waals surface area contributed by atoms with Crippen LogP contribution in [0.4, 0.5) is 0 Å². The number of carbonyl (C=O) groups excluding carboxylic acids is 1. The van der Waals surface area contributed by atoms with Crippen LogP contribution in [0.3, 0.4) is 0 Å². The molecule has 1 heterocycles. The molecule has 0 amide bonds. The molecule has 0 aliphatic heterocycles. The Labute approximate surface area is 114 Å². The summed E-state index contributed by atoms with van der Waals surface area (Å²) < 4.78 is 8.00. The highest BCUT2D eigenvalue weighted by atomic mass is 127. The fourth-order valence-electron chi connectivity index (χ4n) is 1.58. The molecule has 0 N–H and O–H groups in total. The van der Waals surface area contributed by atoms with Crippen LogP contribution in [0, 0.1) is 3.57 Å². The number of aromatic nitrogens is 1. The maximum Gasteiger partial charge on any atom is 0.355 e. The van der Waals surface area contributed by atoms with E-state index in [1.165, 1.54) is 0 Å². The van der Waals surface area contributed by atoms with Gasteiger partial charge in [0.2, 0.25) is 0 Å². The van der Waals surface area contributed by atoms with Crippen molar-refractivity contribution in [1.29, 1.82) is 0 Å². The first-order valence-electron chi connectivity index (χ1n) is 5.33. The average molecular weight is 341 g/mol. The lowest BCUT2D eigenvalue weighted by atomic mass is 10.3. The SMILES string of the molecule is CCOC(=O)c1cccn1-c1ccc(I)cc1. The van der Waals surface area contributed by atoms with Crippen molar-refractivity contribution in [3.8, 4) is 5.69 Å². The minimum absolute atomic E-state index is 0.295. The number of nitrogens with zero attached hydrogens (tertiary/aromatic N) is 1. The molecule has 0 fully saturated rings. The first-order chi connectivity index (χ1) is 8.22. The number of benzene rings is 1. The molecule has 17 heavy (non-hydrogen) atoms. The molecule has 2 aromatic rings. The molecule has 0 radical (unpaired) electrons. The molecule has 1 aromatic heterocycles. The van der Waals surface area contributed by atoms with Gasteiger partial charge >= 0.3 is 5.97 Å². The van der Waals surface area contributed by atoms with Gasteiger partial charge in [-0.05, 0) is 65.9 Å². The van der Waals surface area contributed by atoms with Gasteiger partial charge in [-0.25, -0.2) is 4.79 Å². The second kappa shape index (κ2) is 5.35. The third kappa shape index (κ3) is 2.69. The van der Waals surface area contributed by atoms with Crippen molar-refractivity contribution in [2.45, 2.75) is 6.92 Å². The van der Waals surface area contributed by atoms with E-state index >= 15 is 0 Å². The Balaban J connectivity index is 2.36. The third-order valence-electron chi connectivity index (χ3n) is 2.34. The van der Waals surface area contributed by atoms with Crippen molar-refractivity contribution in [2.75, 3.05) is 6.61 Å². The van der Waals surface area contributed by atoms with Crippen molar-refractivity contribution in [2.24, 2.45) is 0 Å². The molecule has 0 saturated carbocycles. The fourth-order valence-corrected chi connectivity index (χ4v) is 1.94. The van der Waals surface area contributed by atoms with E-state index in [4.69, 9.17) is 4.74 Å². The summed E-state index contributed by atoms with van der Waals surface area (Å²) in [5, 5.41) is 0. The van der Waals surface area contributed by atoms with Gasteiger partial charge in [0.25, 0.3) is 0 Å². The van der Waals surface area contributed by atoms with Crippen molar-refractivity contribution < 1.29 is 9.53 Å². The van der Waals surface area contributed by atoms with E-state index in [1.54, 1.807) is 13.0 Å². The van der Waals surface area contributed by atoms with Crippen molar-refractivity contribution in [3.05, 3.63) is 51.9 Å². The Bertz CT molecular complexity index is 516. The van der Waals surface area contributed by atoms with E-state index < -0.39 is 0 Å². The Hall–Kier alpha value is -1.30. The van der Waals surface area contributed by atoms with Crippen LogP contribution in [0.1, 0.15) is 17.4 Å². The van der Waals surface area contributed by atoms with E-state index in [-0.39, 0.29) is 5.97 Å². The van der Waals surface area contributed by atoms with Gasteiger partial charge in [-0.15, -0.1) is 0 Å². The molecule has 4 heteroatoms. The number of carbonyl (C=O) groups is 1. The summed E-state index contributed by atoms with van der Waals surface area (Å²) in [5.41, 5.74) is 1.51. The van der Waals surface area contributed by atoms with Crippen LogP contribution >= 0.6 is 22.6 Å². The maximum atomic E-state index is 11.7. The van der Waals surface area contributed by atoms with Gasteiger partial charge in [-0.1, -0.05) is 0 Å². The minimum atomic E-state index is -0.295. The molecule has 0 saturated heterocycles. The quantitative estimate of drug-likeness (QED) is 0.634. The zero-order valence-corrected chi connectivity index (χ0v) is 11.5. The predicted molar refractivity (Wildman–Crippen MR) is 74.4 cm³/mol. The second-order valence-corrected chi connectivity index (χ2v) is 4.71. The topological polar surface area (TPSA) is 31.2 Å². The Morgan fingerprint density at radius 1 is 1.29 bits per heavy atom. The highest BCUT2D eigenvalue weighted by molar-refractivity contribution is 14.1. The van der Waals surface area contributed by atoms with Gasteiger partial charge < -0.3 is 9.30 Å². The lowest BCUT2D eigenvalue weighted by Gasteiger charge is -2.08. The van der Waals surface area contributed by atoms with Crippen LogP contribution in [0.5, 0.6) is 0 Å². The fraction of sp³-hybridized carbons (Fsp3) is 0.154. The molecule has 0 bridgehead atoms. The van der Waals surface area contributed by atoms with Gasteiger partial charge in [-0.3, -0.25) is 0 Å². The van der Waals surface area contributed by atoms with E-state index in [9.17, 15) is 4.79 Å². The monoisotopic (exact) mass is 341 g/mol. The average Bonchev–Trinajstić information content (AvgIpc) is 2.79. The molecule has 0 aliphatic rings. The zero-order chi connectivity index (χ0) is 12.3. The number of rotatable bonds is 3. The van der Waals surface area contributed by atoms with E-state index in [2.05, 4.69) is 22.6 Å². The Morgan fingerprint density at radius 3 is 2.65 bits per heavy atom. The van der Waals surface area contributed by atoms with Crippen molar-refractivity contribution in [3.63, 3.8) is 0 Å².